The highest BCUT2D eigenvalue weighted by Gasteiger charge is 2.25. The number of amides is 1. The van der Waals surface area contributed by atoms with Gasteiger partial charge in [0.1, 0.15) is 5.60 Å². The summed E-state index contributed by atoms with van der Waals surface area (Å²) in [6, 6.07) is -0.516. The molecule has 0 aromatic heterocycles. The van der Waals surface area contributed by atoms with Gasteiger partial charge in [-0.05, 0) is 20.8 Å². The van der Waals surface area contributed by atoms with E-state index in [1.165, 1.54) is 7.11 Å². The Morgan fingerprint density at radius 1 is 1.33 bits per heavy atom. The van der Waals surface area contributed by atoms with Gasteiger partial charge in [-0.3, -0.25) is 4.79 Å². The van der Waals surface area contributed by atoms with E-state index >= 15 is 0 Å². The van der Waals surface area contributed by atoms with Crippen LogP contribution < -0.4 is 5.32 Å². The molecule has 18 heavy (non-hydrogen) atoms. The van der Waals surface area contributed by atoms with E-state index in [4.69, 9.17) is 14.6 Å². The van der Waals surface area contributed by atoms with Gasteiger partial charge in [0.15, 0.2) is 0 Å². The quantitative estimate of drug-likeness (QED) is 0.759. The Morgan fingerprint density at radius 3 is 2.28 bits per heavy atom. The molecule has 0 saturated carbocycles. The van der Waals surface area contributed by atoms with E-state index in [9.17, 15) is 9.59 Å². The van der Waals surface area contributed by atoms with Crippen molar-refractivity contribution in [2.45, 2.75) is 45.8 Å². The number of carbonyl (C=O) groups is 2. The monoisotopic (exact) mass is 261 g/mol. The molecule has 2 atom stereocenters. The molecule has 0 aromatic carbocycles. The molecule has 106 valence electrons. The lowest BCUT2D eigenvalue weighted by Crippen LogP contribution is -2.44. The Balaban J connectivity index is 4.48. The van der Waals surface area contributed by atoms with Crippen LogP contribution >= 0.6 is 0 Å². The average Bonchev–Trinajstić information content (AvgIpc) is 2.13. The van der Waals surface area contributed by atoms with E-state index in [-0.39, 0.29) is 12.3 Å². The van der Waals surface area contributed by atoms with Gasteiger partial charge in [0.2, 0.25) is 0 Å². The van der Waals surface area contributed by atoms with E-state index in [0.29, 0.717) is 6.61 Å². The fraction of sp³-hybridized carbons (Fsp3) is 0.833. The van der Waals surface area contributed by atoms with Gasteiger partial charge in [-0.1, -0.05) is 6.92 Å². The Kier molecular flexibility index (Phi) is 6.68. The fourth-order valence-corrected chi connectivity index (χ4v) is 1.42. The van der Waals surface area contributed by atoms with Crippen molar-refractivity contribution in [3.8, 4) is 0 Å². The van der Waals surface area contributed by atoms with E-state index in [1.54, 1.807) is 20.8 Å². The molecule has 0 rings (SSSR count). The Morgan fingerprint density at radius 2 is 1.89 bits per heavy atom. The van der Waals surface area contributed by atoms with E-state index in [0.717, 1.165) is 0 Å². The topological polar surface area (TPSA) is 84.9 Å². The molecule has 0 aliphatic rings. The summed E-state index contributed by atoms with van der Waals surface area (Å²) in [7, 11) is 1.53. The van der Waals surface area contributed by atoms with Crippen molar-refractivity contribution < 1.29 is 24.2 Å². The zero-order chi connectivity index (χ0) is 14.3. The molecule has 0 bridgehead atoms. The number of methoxy groups -OCH3 is 1. The van der Waals surface area contributed by atoms with E-state index in [2.05, 4.69) is 5.32 Å². The summed E-state index contributed by atoms with van der Waals surface area (Å²) in [4.78, 5) is 22.3. The Labute approximate surface area is 108 Å². The highest BCUT2D eigenvalue weighted by atomic mass is 16.6. The zero-order valence-electron chi connectivity index (χ0n) is 11.6. The molecule has 1 unspecified atom stereocenters. The molecule has 0 aliphatic carbocycles. The number of carboxylic acids is 1. The van der Waals surface area contributed by atoms with Gasteiger partial charge >= 0.3 is 12.1 Å². The average molecular weight is 261 g/mol. The number of hydrogen-bond acceptors (Lipinski definition) is 4. The number of carbonyl (C=O) groups excluding carboxylic acids is 1. The van der Waals surface area contributed by atoms with Gasteiger partial charge in [-0.2, -0.15) is 0 Å². The molecule has 6 heteroatoms. The summed E-state index contributed by atoms with van der Waals surface area (Å²) in [5.74, 6) is -1.09. The third-order valence-electron chi connectivity index (χ3n) is 2.21. The summed E-state index contributed by atoms with van der Waals surface area (Å²) in [6.45, 7) is 7.42. The van der Waals surface area contributed by atoms with Crippen LogP contribution in [-0.2, 0) is 14.3 Å². The van der Waals surface area contributed by atoms with Crippen molar-refractivity contribution in [2.75, 3.05) is 13.7 Å². The van der Waals surface area contributed by atoms with Crippen molar-refractivity contribution in [1.82, 2.24) is 5.32 Å². The maximum atomic E-state index is 11.6. The molecule has 2 N–H and O–H groups in total. The van der Waals surface area contributed by atoms with Crippen LogP contribution in [0.15, 0.2) is 0 Å². The van der Waals surface area contributed by atoms with Gasteiger partial charge in [-0.25, -0.2) is 4.79 Å². The van der Waals surface area contributed by atoms with Crippen LogP contribution in [0, 0.1) is 5.92 Å². The van der Waals surface area contributed by atoms with Crippen LogP contribution in [0.3, 0.4) is 0 Å². The number of ether oxygens (including phenoxy) is 2. The van der Waals surface area contributed by atoms with E-state index in [1.807, 2.05) is 6.92 Å². The normalized spacial score (nSPS) is 14.7. The molecule has 0 aliphatic heterocycles. The van der Waals surface area contributed by atoms with Gasteiger partial charge in [0, 0.05) is 19.1 Å². The number of aliphatic carboxylic acids is 1. The maximum absolute atomic E-state index is 11.6. The Bertz CT molecular complexity index is 285. The highest BCUT2D eigenvalue weighted by molar-refractivity contribution is 5.71. The second kappa shape index (κ2) is 7.20. The third-order valence-corrected chi connectivity index (χ3v) is 2.21. The van der Waals surface area contributed by atoms with Crippen LogP contribution in [0.25, 0.3) is 0 Å². The van der Waals surface area contributed by atoms with Crippen molar-refractivity contribution >= 4 is 12.1 Å². The Hall–Kier alpha value is -1.30. The summed E-state index contributed by atoms with van der Waals surface area (Å²) in [5.41, 5.74) is -0.609. The number of nitrogens with one attached hydrogen (secondary N) is 1. The lowest BCUT2D eigenvalue weighted by Gasteiger charge is -2.26. The molecule has 1 amide bonds. The lowest BCUT2D eigenvalue weighted by molar-refractivity contribution is -0.137. The molecule has 0 spiro atoms. The predicted molar refractivity (Wildman–Crippen MR) is 66.5 cm³/mol. The first-order chi connectivity index (χ1) is 8.15. The maximum Gasteiger partial charge on any atom is 0.407 e. The van der Waals surface area contributed by atoms with Crippen molar-refractivity contribution in [2.24, 2.45) is 5.92 Å². The number of carboxylic acid groups (broad SMARTS) is 1. The molecular formula is C12H23NO5. The second-order valence-electron chi connectivity index (χ2n) is 5.28. The van der Waals surface area contributed by atoms with Crippen LogP contribution in [0.4, 0.5) is 4.79 Å². The minimum Gasteiger partial charge on any atom is -0.481 e. The molecule has 6 nitrogen and oxygen atoms in total. The summed E-state index contributed by atoms with van der Waals surface area (Å²) in [6.07, 6.45) is -0.777. The van der Waals surface area contributed by atoms with Crippen LogP contribution in [0.1, 0.15) is 34.1 Å². The third kappa shape index (κ3) is 7.89. The number of alkyl carbamates (subject to hydrolysis) is 1. The highest BCUT2D eigenvalue weighted by Crippen LogP contribution is 2.11. The standard InChI is InChI=1S/C12H23NO5/c1-8(7-17-5)9(6-10(14)15)13-11(16)18-12(2,3)4/h8-9H,6-7H2,1-5H3,(H,13,16)(H,14,15)/t8?,9-/m0/s1. The minimum absolute atomic E-state index is 0.112. The van der Waals surface area contributed by atoms with Crippen molar-refractivity contribution in [1.29, 1.82) is 0 Å². The minimum atomic E-state index is -0.973. The summed E-state index contributed by atoms with van der Waals surface area (Å²) in [5, 5.41) is 11.4. The second-order valence-corrected chi connectivity index (χ2v) is 5.28. The SMILES string of the molecule is COCC(C)[C@H](CC(=O)O)NC(=O)OC(C)(C)C. The molecule has 0 heterocycles. The van der Waals surface area contributed by atoms with Gasteiger partial charge < -0.3 is 19.9 Å². The molecule has 0 radical (unpaired) electrons. The first-order valence-electron chi connectivity index (χ1n) is 5.86. The van der Waals surface area contributed by atoms with Crippen LogP contribution in [0.5, 0.6) is 0 Å². The first-order valence-corrected chi connectivity index (χ1v) is 5.86. The lowest BCUT2D eigenvalue weighted by atomic mass is 10.00. The zero-order valence-corrected chi connectivity index (χ0v) is 11.6. The molecule has 0 fully saturated rings. The van der Waals surface area contributed by atoms with Crippen molar-refractivity contribution in [3.05, 3.63) is 0 Å². The molecule has 0 aromatic rings. The first kappa shape index (κ1) is 16.7. The smallest absolute Gasteiger partial charge is 0.407 e. The fourth-order valence-electron chi connectivity index (χ4n) is 1.42. The van der Waals surface area contributed by atoms with E-state index < -0.39 is 23.7 Å². The van der Waals surface area contributed by atoms with Gasteiger partial charge in [-0.15, -0.1) is 0 Å². The van der Waals surface area contributed by atoms with Gasteiger partial charge in [0.25, 0.3) is 0 Å². The summed E-state index contributed by atoms with van der Waals surface area (Å²) >= 11 is 0. The van der Waals surface area contributed by atoms with Crippen LogP contribution in [-0.4, -0.2) is 42.5 Å². The van der Waals surface area contributed by atoms with Crippen LogP contribution in [0.2, 0.25) is 0 Å². The summed E-state index contributed by atoms with van der Waals surface area (Å²) < 4.78 is 10.1. The van der Waals surface area contributed by atoms with Gasteiger partial charge in [0.05, 0.1) is 13.0 Å². The molecule has 0 saturated heterocycles. The molecular weight excluding hydrogens is 238 g/mol. The largest absolute Gasteiger partial charge is 0.481 e. The number of hydrogen-bond donors (Lipinski definition) is 2. The number of rotatable bonds is 6. The van der Waals surface area contributed by atoms with Crippen molar-refractivity contribution in [3.63, 3.8) is 0 Å². The predicted octanol–water partition coefficient (Wildman–Crippen LogP) is 1.64.